The molecule has 1 unspecified atom stereocenters. The number of benzene rings is 1. The Balaban J connectivity index is 1.27. The van der Waals surface area contributed by atoms with Gasteiger partial charge in [-0.15, -0.1) is 0 Å². The number of Topliss-reactive ketones (excluding diaryl/α,β-unsaturated/α-hetero) is 1. The maximum atomic E-state index is 14.6. The minimum Gasteiger partial charge on any atom is -0.477 e. The van der Waals surface area contributed by atoms with Crippen LogP contribution in [0.15, 0.2) is 29.2 Å². The highest BCUT2D eigenvalue weighted by Crippen LogP contribution is 2.42. The number of cyclic esters (lactones) is 1. The number of methoxy groups -OCH3 is 2. The number of carbonyl (C=O) groups excluding carboxylic acids is 3. The third-order valence-corrected chi connectivity index (χ3v) is 16.9. The minimum atomic E-state index is -2.03. The summed E-state index contributed by atoms with van der Waals surface area (Å²) in [5.41, 5.74) is -3.69. The van der Waals surface area contributed by atoms with Crippen molar-refractivity contribution in [1.29, 1.82) is 0 Å². The van der Waals surface area contributed by atoms with Crippen molar-refractivity contribution in [3.63, 3.8) is 0 Å². The monoisotopic (exact) mass is 1120 g/mol. The molecule has 21 nitrogen and oxygen atoms in total. The summed E-state index contributed by atoms with van der Waals surface area (Å²) in [4.78, 5) is 68.7. The first-order valence-corrected chi connectivity index (χ1v) is 28.2. The number of fused-ring (bicyclic) bond motifs is 1. The summed E-state index contributed by atoms with van der Waals surface area (Å²) >= 11 is 0. The fourth-order valence-electron chi connectivity index (χ4n) is 11.9. The standard InChI is InChI=1S/C58H93N3O18/c1-16-43-58(11,70)50(66)34(5)46(63)32(3)29-56(9,71-14)51(79-55-48(65)42(60(12)13)27-33(4)74-55)35(6)49(36(7)54(69)76-43)78-45-30-57(10,72-15)52(37(8)75-45)77-44(62)22-23-59-24-26-73-25-18-19-38-20-21-41-39(28-38)47(64)40(53(67)68)31-61(41)17-2/h20-21,28,31-37,42-43,45,48-52,55,59,65-66,70H,16-19,22-27,29-30H2,1-15H3,(H,67,68)/t32-,33-,34?,35+,36-,37+,42+,43-,45+,48-,49+,50-,51-,52+,55+,56-,57-,58-/m1/s1. The van der Waals surface area contributed by atoms with Gasteiger partial charge in [0.2, 0.25) is 5.43 Å². The zero-order chi connectivity index (χ0) is 58.9. The largest absolute Gasteiger partial charge is 0.477 e. The lowest BCUT2D eigenvalue weighted by Crippen LogP contribution is -2.61. The van der Waals surface area contributed by atoms with E-state index >= 15 is 0 Å². The Bertz CT molecular complexity index is 2420. The van der Waals surface area contributed by atoms with Gasteiger partial charge in [0, 0.05) is 82.3 Å². The van der Waals surface area contributed by atoms with Gasteiger partial charge >= 0.3 is 17.9 Å². The molecule has 0 radical (unpaired) electrons. The van der Waals surface area contributed by atoms with Crippen LogP contribution in [0.5, 0.6) is 0 Å². The van der Waals surface area contributed by atoms with E-state index in [2.05, 4.69) is 5.32 Å². The third-order valence-electron chi connectivity index (χ3n) is 16.9. The van der Waals surface area contributed by atoms with Gasteiger partial charge in [-0.25, -0.2) is 4.79 Å². The van der Waals surface area contributed by atoms with Crippen molar-refractivity contribution in [1.82, 2.24) is 14.8 Å². The second kappa shape index (κ2) is 28.3. The number of nitrogens with one attached hydrogen (secondary N) is 1. The molecule has 0 amide bonds. The molecule has 79 heavy (non-hydrogen) atoms. The Morgan fingerprint density at radius 1 is 0.886 bits per heavy atom. The Morgan fingerprint density at radius 2 is 1.56 bits per heavy atom. The molecule has 0 spiro atoms. The maximum Gasteiger partial charge on any atom is 0.341 e. The number of aliphatic hydroxyl groups excluding tert-OH is 2. The number of pyridine rings is 1. The average molecular weight is 1120 g/mol. The number of aryl methyl sites for hydroxylation is 2. The molecule has 3 fully saturated rings. The van der Waals surface area contributed by atoms with Gasteiger partial charge < -0.3 is 77.8 Å². The van der Waals surface area contributed by atoms with Gasteiger partial charge in [0.25, 0.3) is 0 Å². The maximum absolute atomic E-state index is 14.6. The van der Waals surface area contributed by atoms with E-state index in [1.54, 1.807) is 52.2 Å². The van der Waals surface area contributed by atoms with Crippen molar-refractivity contribution < 1.29 is 82.2 Å². The molecule has 3 aliphatic heterocycles. The van der Waals surface area contributed by atoms with Crippen LogP contribution in [0.2, 0.25) is 0 Å². The summed E-state index contributed by atoms with van der Waals surface area (Å²) < 4.78 is 58.8. The third kappa shape index (κ3) is 15.6. The van der Waals surface area contributed by atoms with Crippen LogP contribution in [-0.2, 0) is 70.0 Å². The van der Waals surface area contributed by atoms with Crippen LogP contribution in [0.3, 0.4) is 0 Å². The van der Waals surface area contributed by atoms with Crippen molar-refractivity contribution in [2.75, 3.05) is 54.6 Å². The summed E-state index contributed by atoms with van der Waals surface area (Å²) in [5.74, 6) is -6.57. The number of aromatic carboxylic acids is 1. The number of ether oxygens (including phenoxy) is 9. The predicted octanol–water partition coefficient (Wildman–Crippen LogP) is 4.65. The molecule has 2 aromatic rings. The van der Waals surface area contributed by atoms with Gasteiger partial charge in [0.1, 0.15) is 34.8 Å². The zero-order valence-corrected chi connectivity index (χ0v) is 49.4. The highest BCUT2D eigenvalue weighted by molar-refractivity contribution is 5.92. The Kier molecular flexibility index (Phi) is 23.6. The molecular formula is C58H93N3O18. The molecule has 18 atom stereocenters. The number of carboxylic acid groups (broad SMARTS) is 1. The molecule has 1 aromatic carbocycles. The van der Waals surface area contributed by atoms with Crippen LogP contribution in [0.4, 0.5) is 0 Å². The van der Waals surface area contributed by atoms with Crippen molar-refractivity contribution in [3.05, 3.63) is 45.7 Å². The van der Waals surface area contributed by atoms with Crippen molar-refractivity contribution >= 4 is 34.6 Å². The number of aromatic nitrogens is 1. The van der Waals surface area contributed by atoms with Crippen molar-refractivity contribution in [3.8, 4) is 0 Å². The number of hydrogen-bond donors (Lipinski definition) is 5. The summed E-state index contributed by atoms with van der Waals surface area (Å²) in [6, 6.07) is 5.19. The number of likely N-dealkylation sites (N-methyl/N-ethyl adjacent to an activating group) is 1. The average Bonchev–Trinajstić information content (AvgIpc) is 3.46. The Hall–Kier alpha value is -3.97. The van der Waals surface area contributed by atoms with E-state index in [4.69, 9.17) is 42.6 Å². The summed E-state index contributed by atoms with van der Waals surface area (Å²) in [7, 11) is 6.73. The second-order valence-corrected chi connectivity index (χ2v) is 23.1. The lowest BCUT2D eigenvalue weighted by Gasteiger charge is -2.50. The number of ketones is 1. The number of rotatable bonds is 21. The van der Waals surface area contributed by atoms with Gasteiger partial charge in [0.05, 0.1) is 60.6 Å². The molecule has 3 saturated heterocycles. The van der Waals surface area contributed by atoms with E-state index in [-0.39, 0.29) is 49.2 Å². The first-order chi connectivity index (χ1) is 37.1. The molecule has 5 N–H and O–H groups in total. The van der Waals surface area contributed by atoms with Crippen LogP contribution < -0.4 is 10.7 Å². The fraction of sp³-hybridized carbons (Fsp3) is 0.776. The van der Waals surface area contributed by atoms with Crippen LogP contribution in [0, 0.1) is 23.7 Å². The van der Waals surface area contributed by atoms with Gasteiger partial charge in [0.15, 0.2) is 18.7 Å². The molecule has 5 rings (SSSR count). The lowest BCUT2D eigenvalue weighted by atomic mass is 9.74. The van der Waals surface area contributed by atoms with Crippen LogP contribution in [-0.4, -0.2) is 192 Å². The molecule has 3 aliphatic rings. The van der Waals surface area contributed by atoms with Gasteiger partial charge in [-0.05, 0) is 112 Å². The van der Waals surface area contributed by atoms with E-state index in [9.17, 15) is 44.4 Å². The number of aliphatic hydroxyl groups is 3. The van der Waals surface area contributed by atoms with Crippen LogP contribution in [0.1, 0.15) is 131 Å². The highest BCUT2D eigenvalue weighted by Gasteiger charge is 2.55. The second-order valence-electron chi connectivity index (χ2n) is 23.1. The number of carbonyl (C=O) groups is 4. The van der Waals surface area contributed by atoms with Gasteiger partial charge in [-0.3, -0.25) is 19.2 Å². The molecule has 0 bridgehead atoms. The fourth-order valence-corrected chi connectivity index (χ4v) is 11.9. The summed E-state index contributed by atoms with van der Waals surface area (Å²) in [6.45, 7) is 21.0. The first-order valence-electron chi connectivity index (χ1n) is 28.2. The van der Waals surface area contributed by atoms with E-state index in [0.717, 1.165) is 5.56 Å². The molecule has 0 saturated carbocycles. The molecule has 4 heterocycles. The number of esters is 2. The van der Waals surface area contributed by atoms with Crippen molar-refractivity contribution in [2.45, 2.75) is 212 Å². The number of nitrogens with zero attached hydrogens (tertiary/aromatic N) is 2. The minimum absolute atomic E-state index is 0.0341. The number of carboxylic acids is 1. The predicted molar refractivity (Wildman–Crippen MR) is 292 cm³/mol. The van der Waals surface area contributed by atoms with Crippen LogP contribution >= 0.6 is 0 Å². The van der Waals surface area contributed by atoms with E-state index in [1.807, 2.05) is 51.9 Å². The van der Waals surface area contributed by atoms with E-state index in [0.29, 0.717) is 63.0 Å². The van der Waals surface area contributed by atoms with Crippen molar-refractivity contribution in [2.24, 2.45) is 23.7 Å². The molecule has 448 valence electrons. The SMILES string of the molecule is CC[C@H]1OC(=O)[C@H](C)[C@@H](O[C@H]2C[C@@](C)(OC)[C@@H](OC(=O)CCNCCOCCCc3ccc4c(c3)c(=O)c(C(=O)O)cn4CC)[C@H](C)O2)[C@H](C)[C@@H](O[C@@H]2O[C@H](C)C[C@H](N(C)C)[C@H]2O)[C@](C)(OC)C[C@@H](C)C(=O)C(C)[C@@H](O)[C@]1(C)O. The number of hydrogen-bond acceptors (Lipinski definition) is 19. The summed E-state index contributed by atoms with van der Waals surface area (Å²) in [6.07, 6.45) is -6.84. The van der Waals surface area contributed by atoms with Gasteiger partial charge in [-0.2, -0.15) is 0 Å². The first kappa shape index (κ1) is 65.8. The lowest BCUT2D eigenvalue weighted by molar-refractivity contribution is -0.320. The zero-order valence-electron chi connectivity index (χ0n) is 49.4. The quantitative estimate of drug-likeness (QED) is 0.0841. The smallest absolute Gasteiger partial charge is 0.341 e. The van der Waals surface area contributed by atoms with E-state index in [1.165, 1.54) is 34.3 Å². The van der Waals surface area contributed by atoms with E-state index < -0.39 is 119 Å². The molecule has 21 heteroatoms. The normalized spacial score (nSPS) is 36.2. The van der Waals surface area contributed by atoms with Crippen LogP contribution in [0.25, 0.3) is 10.9 Å². The summed E-state index contributed by atoms with van der Waals surface area (Å²) in [5, 5.41) is 48.4. The Morgan fingerprint density at radius 3 is 2.18 bits per heavy atom. The highest BCUT2D eigenvalue weighted by atomic mass is 16.7. The Labute approximate surface area is 466 Å². The molecular weight excluding hydrogens is 1030 g/mol. The van der Waals surface area contributed by atoms with Gasteiger partial charge in [-0.1, -0.05) is 33.8 Å². The topological polar surface area (TPSA) is 270 Å². The molecule has 0 aliphatic carbocycles. The molecule has 1 aromatic heterocycles.